The zero-order valence-corrected chi connectivity index (χ0v) is 9.33. The van der Waals surface area contributed by atoms with Crippen molar-refractivity contribution in [2.24, 2.45) is 5.73 Å². The van der Waals surface area contributed by atoms with Gasteiger partial charge in [-0.05, 0) is 35.8 Å². The Morgan fingerprint density at radius 1 is 1.67 bits per heavy atom. The standard InChI is InChI=1S/C8H10BrNOS/c1-8(2,10)7(11)6-3-5(9)4-12-6/h3-4H,10H2,1-2H3. The number of nitrogens with two attached hydrogens (primary N) is 1. The number of hydrogen-bond donors (Lipinski definition) is 1. The summed E-state index contributed by atoms with van der Waals surface area (Å²) in [5, 5.41) is 1.87. The highest BCUT2D eigenvalue weighted by molar-refractivity contribution is 9.10. The Kier molecular flexibility index (Phi) is 2.70. The fourth-order valence-corrected chi connectivity index (χ4v) is 2.28. The van der Waals surface area contributed by atoms with Crippen LogP contribution in [0.5, 0.6) is 0 Å². The van der Waals surface area contributed by atoms with E-state index in [2.05, 4.69) is 15.9 Å². The summed E-state index contributed by atoms with van der Waals surface area (Å²) < 4.78 is 0.931. The van der Waals surface area contributed by atoms with E-state index in [4.69, 9.17) is 5.73 Å². The molecule has 0 bridgehead atoms. The van der Waals surface area contributed by atoms with Crippen LogP contribution in [0.25, 0.3) is 0 Å². The minimum atomic E-state index is -0.774. The molecule has 0 unspecified atom stereocenters. The van der Waals surface area contributed by atoms with Crippen molar-refractivity contribution in [2.45, 2.75) is 19.4 Å². The molecule has 0 amide bonds. The lowest BCUT2D eigenvalue weighted by atomic mass is 10.00. The molecule has 12 heavy (non-hydrogen) atoms. The maximum Gasteiger partial charge on any atom is 0.191 e. The van der Waals surface area contributed by atoms with Crippen molar-refractivity contribution in [1.29, 1.82) is 0 Å². The molecule has 0 aliphatic heterocycles. The quantitative estimate of drug-likeness (QED) is 0.817. The highest BCUT2D eigenvalue weighted by atomic mass is 79.9. The van der Waals surface area contributed by atoms with Crippen molar-refractivity contribution in [1.82, 2.24) is 0 Å². The number of hydrogen-bond acceptors (Lipinski definition) is 3. The number of rotatable bonds is 2. The van der Waals surface area contributed by atoms with E-state index >= 15 is 0 Å². The molecule has 1 heterocycles. The second kappa shape index (κ2) is 3.28. The molecule has 0 saturated heterocycles. The van der Waals surface area contributed by atoms with Gasteiger partial charge in [0.2, 0.25) is 0 Å². The molecule has 0 atom stereocenters. The van der Waals surface area contributed by atoms with Crippen molar-refractivity contribution < 1.29 is 4.79 Å². The third-order valence-corrected chi connectivity index (χ3v) is 3.07. The van der Waals surface area contributed by atoms with Crippen molar-refractivity contribution in [3.05, 3.63) is 20.8 Å². The van der Waals surface area contributed by atoms with Gasteiger partial charge in [-0.3, -0.25) is 4.79 Å². The van der Waals surface area contributed by atoms with Gasteiger partial charge in [-0.2, -0.15) is 0 Å². The molecule has 0 radical (unpaired) electrons. The SMILES string of the molecule is CC(C)(N)C(=O)c1cc(Br)cs1. The van der Waals surface area contributed by atoms with E-state index in [9.17, 15) is 4.79 Å². The monoisotopic (exact) mass is 247 g/mol. The first-order valence-corrected chi connectivity index (χ1v) is 5.16. The zero-order chi connectivity index (χ0) is 9.35. The van der Waals surface area contributed by atoms with Gasteiger partial charge in [0.05, 0.1) is 10.4 Å². The minimum Gasteiger partial charge on any atom is -0.319 e. The Morgan fingerprint density at radius 3 is 2.58 bits per heavy atom. The van der Waals surface area contributed by atoms with Crippen molar-refractivity contribution in [2.75, 3.05) is 0 Å². The van der Waals surface area contributed by atoms with Crippen molar-refractivity contribution in [3.8, 4) is 0 Å². The van der Waals surface area contributed by atoms with Gasteiger partial charge in [0.1, 0.15) is 0 Å². The third kappa shape index (κ3) is 2.15. The van der Waals surface area contributed by atoms with Crippen LogP contribution in [0.3, 0.4) is 0 Å². The van der Waals surface area contributed by atoms with E-state index < -0.39 is 5.54 Å². The van der Waals surface area contributed by atoms with Gasteiger partial charge < -0.3 is 5.73 Å². The smallest absolute Gasteiger partial charge is 0.191 e. The summed E-state index contributed by atoms with van der Waals surface area (Å²) in [6, 6.07) is 1.79. The lowest BCUT2D eigenvalue weighted by Crippen LogP contribution is -2.41. The van der Waals surface area contributed by atoms with E-state index in [1.807, 2.05) is 5.38 Å². The molecular formula is C8H10BrNOS. The molecule has 0 spiro atoms. The predicted octanol–water partition coefficient (Wildman–Crippen LogP) is 2.43. The van der Waals surface area contributed by atoms with Gasteiger partial charge in [-0.1, -0.05) is 0 Å². The second-order valence-corrected chi connectivity index (χ2v) is 5.01. The van der Waals surface area contributed by atoms with E-state index in [1.54, 1.807) is 19.9 Å². The Balaban J connectivity index is 2.93. The number of halogens is 1. The number of carbonyl (C=O) groups is 1. The molecule has 1 aromatic rings. The van der Waals surface area contributed by atoms with Gasteiger partial charge in [-0.25, -0.2) is 0 Å². The maximum atomic E-state index is 11.5. The number of ketones is 1. The fraction of sp³-hybridized carbons (Fsp3) is 0.375. The molecule has 1 aromatic heterocycles. The van der Waals surface area contributed by atoms with E-state index in [-0.39, 0.29) is 5.78 Å². The highest BCUT2D eigenvalue weighted by Gasteiger charge is 2.24. The summed E-state index contributed by atoms with van der Waals surface area (Å²) in [5.41, 5.74) is 4.89. The van der Waals surface area contributed by atoms with Crippen LogP contribution >= 0.6 is 27.3 Å². The number of carbonyl (C=O) groups excluding carboxylic acids is 1. The topological polar surface area (TPSA) is 43.1 Å². The predicted molar refractivity (Wildman–Crippen MR) is 54.6 cm³/mol. The lowest BCUT2D eigenvalue weighted by molar-refractivity contribution is 0.0918. The first-order valence-electron chi connectivity index (χ1n) is 3.49. The molecule has 0 saturated carbocycles. The molecular weight excluding hydrogens is 238 g/mol. The summed E-state index contributed by atoms with van der Waals surface area (Å²) in [5.74, 6) is -0.0156. The minimum absolute atomic E-state index is 0.0156. The van der Waals surface area contributed by atoms with Crippen LogP contribution < -0.4 is 5.73 Å². The Bertz CT molecular complexity index is 300. The Morgan fingerprint density at radius 2 is 2.25 bits per heavy atom. The average Bonchev–Trinajstić information content (AvgIpc) is 2.32. The van der Waals surface area contributed by atoms with E-state index in [0.717, 1.165) is 4.47 Å². The zero-order valence-electron chi connectivity index (χ0n) is 6.93. The number of thiophene rings is 1. The maximum absolute atomic E-state index is 11.5. The first kappa shape index (κ1) is 9.89. The molecule has 66 valence electrons. The molecule has 1 rings (SSSR count). The molecule has 2 N–H and O–H groups in total. The summed E-state index contributed by atoms with van der Waals surface area (Å²) >= 11 is 4.69. The van der Waals surface area contributed by atoms with Gasteiger partial charge in [0.15, 0.2) is 5.78 Å². The van der Waals surface area contributed by atoms with E-state index in [1.165, 1.54) is 11.3 Å². The van der Waals surface area contributed by atoms with Gasteiger partial charge in [0.25, 0.3) is 0 Å². The van der Waals surface area contributed by atoms with E-state index in [0.29, 0.717) is 4.88 Å². The summed E-state index contributed by atoms with van der Waals surface area (Å²) in [7, 11) is 0. The van der Waals surface area contributed by atoms with Crippen LogP contribution in [-0.4, -0.2) is 11.3 Å². The molecule has 0 aromatic carbocycles. The van der Waals surface area contributed by atoms with Crippen LogP contribution in [0.4, 0.5) is 0 Å². The molecule has 2 nitrogen and oxygen atoms in total. The van der Waals surface area contributed by atoms with Gasteiger partial charge in [0, 0.05) is 9.85 Å². The van der Waals surface area contributed by atoms with Crippen LogP contribution in [-0.2, 0) is 0 Å². The highest BCUT2D eigenvalue weighted by Crippen LogP contribution is 2.22. The second-order valence-electron chi connectivity index (χ2n) is 3.18. The van der Waals surface area contributed by atoms with Crippen molar-refractivity contribution >= 4 is 33.0 Å². The van der Waals surface area contributed by atoms with Gasteiger partial charge in [-0.15, -0.1) is 11.3 Å². The summed E-state index contributed by atoms with van der Waals surface area (Å²) in [6.07, 6.45) is 0. The molecule has 4 heteroatoms. The average molecular weight is 248 g/mol. The van der Waals surface area contributed by atoms with Gasteiger partial charge >= 0.3 is 0 Å². The third-order valence-electron chi connectivity index (χ3n) is 1.38. The molecule has 0 aliphatic carbocycles. The summed E-state index contributed by atoms with van der Waals surface area (Å²) in [4.78, 5) is 12.2. The number of Topliss-reactive ketones (excluding diaryl/α,β-unsaturated/α-hetero) is 1. The molecule has 0 aliphatic rings. The fourth-order valence-electron chi connectivity index (χ4n) is 0.750. The van der Waals surface area contributed by atoms with Crippen LogP contribution in [0.2, 0.25) is 0 Å². The Hall–Kier alpha value is -0.190. The largest absolute Gasteiger partial charge is 0.319 e. The first-order chi connectivity index (χ1) is 5.41. The van der Waals surface area contributed by atoms with Crippen LogP contribution in [0, 0.1) is 0 Å². The van der Waals surface area contributed by atoms with Crippen LogP contribution in [0.1, 0.15) is 23.5 Å². The summed E-state index contributed by atoms with van der Waals surface area (Å²) in [6.45, 7) is 3.42. The Labute approximate surface area is 83.9 Å². The van der Waals surface area contributed by atoms with Crippen LogP contribution in [0.15, 0.2) is 15.9 Å². The normalized spacial score (nSPS) is 11.7. The van der Waals surface area contributed by atoms with Crippen molar-refractivity contribution in [3.63, 3.8) is 0 Å². The lowest BCUT2D eigenvalue weighted by Gasteiger charge is -2.14. The molecule has 0 fully saturated rings.